The summed E-state index contributed by atoms with van der Waals surface area (Å²) in [6, 6.07) is 16.2. The van der Waals surface area contributed by atoms with Crippen LogP contribution in [0.1, 0.15) is 110 Å². The molecule has 0 aliphatic rings. The van der Waals surface area contributed by atoms with Gasteiger partial charge in [-0.3, -0.25) is 4.79 Å². The number of aromatic nitrogens is 2. The third kappa shape index (κ3) is 11.3. The van der Waals surface area contributed by atoms with E-state index in [1.165, 1.54) is 69.8 Å². The minimum Gasteiger partial charge on any atom is -0.427 e. The number of benzene rings is 2. The fourth-order valence-corrected chi connectivity index (χ4v) is 4.77. The molecule has 1 unspecified atom stereocenters. The molecule has 210 valence electrons. The van der Waals surface area contributed by atoms with Crippen LogP contribution in [-0.4, -0.2) is 15.9 Å². The van der Waals surface area contributed by atoms with E-state index in [0.29, 0.717) is 12.2 Å². The molecule has 0 spiro atoms. The molecule has 1 atom stereocenters. The van der Waals surface area contributed by atoms with Crippen molar-refractivity contribution >= 4 is 5.97 Å². The maximum absolute atomic E-state index is 12.2. The summed E-state index contributed by atoms with van der Waals surface area (Å²) in [4.78, 5) is 21.4. The number of hydrogen-bond acceptors (Lipinski definition) is 4. The molecule has 0 bridgehead atoms. The Labute approximate surface area is 236 Å². The second-order valence-corrected chi connectivity index (χ2v) is 11.0. The summed E-state index contributed by atoms with van der Waals surface area (Å²) in [5, 5.41) is 0. The minimum absolute atomic E-state index is 0.164. The van der Waals surface area contributed by atoms with Gasteiger partial charge in [0.05, 0.1) is 0 Å². The number of ether oxygens (including phenoxy) is 1. The quantitative estimate of drug-likeness (QED) is 0.0936. The Morgan fingerprint density at radius 1 is 0.718 bits per heavy atom. The van der Waals surface area contributed by atoms with Crippen molar-refractivity contribution in [3.8, 4) is 28.3 Å². The summed E-state index contributed by atoms with van der Waals surface area (Å²) in [5.41, 5.74) is 4.35. The zero-order valence-electron chi connectivity index (χ0n) is 24.5. The lowest BCUT2D eigenvalue weighted by molar-refractivity contribution is -0.134. The molecular weight excluding hydrogens is 480 g/mol. The first kappa shape index (κ1) is 30.5. The summed E-state index contributed by atoms with van der Waals surface area (Å²) in [5.74, 6) is 1.87. The smallest absolute Gasteiger partial charge is 0.311 e. The lowest BCUT2D eigenvalue weighted by atomic mass is 10.0. The van der Waals surface area contributed by atoms with Gasteiger partial charge in [-0.05, 0) is 48.4 Å². The summed E-state index contributed by atoms with van der Waals surface area (Å²) in [6.07, 6.45) is 20.4. The van der Waals surface area contributed by atoms with Gasteiger partial charge in [0.1, 0.15) is 5.75 Å². The number of unbranched alkanes of at least 4 members (excludes halogenated alkanes) is 8. The first-order chi connectivity index (χ1) is 19.1. The zero-order valence-corrected chi connectivity index (χ0v) is 24.5. The number of carbonyl (C=O) groups excluding carboxylic acids is 1. The number of hydrogen-bond donors (Lipinski definition) is 0. The molecule has 3 rings (SSSR count). The molecular formula is C35H48N2O2. The van der Waals surface area contributed by atoms with Gasteiger partial charge in [-0.2, -0.15) is 0 Å². The molecule has 0 amide bonds. The molecule has 0 saturated carbocycles. The molecule has 39 heavy (non-hydrogen) atoms. The van der Waals surface area contributed by atoms with Crippen LogP contribution >= 0.6 is 0 Å². The van der Waals surface area contributed by atoms with Crippen LogP contribution < -0.4 is 4.74 Å². The topological polar surface area (TPSA) is 52.1 Å². The van der Waals surface area contributed by atoms with Crippen LogP contribution in [0.5, 0.6) is 5.75 Å². The Hall–Kier alpha value is -3.01. The molecule has 0 saturated heterocycles. The van der Waals surface area contributed by atoms with Crippen molar-refractivity contribution in [2.75, 3.05) is 0 Å². The first-order valence-electron chi connectivity index (χ1n) is 15.3. The van der Waals surface area contributed by atoms with Crippen LogP contribution in [0, 0.1) is 5.92 Å². The van der Waals surface area contributed by atoms with E-state index in [9.17, 15) is 4.79 Å². The number of rotatable bonds is 18. The molecule has 4 nitrogen and oxygen atoms in total. The highest BCUT2D eigenvalue weighted by atomic mass is 16.5. The minimum atomic E-state index is -0.164. The van der Waals surface area contributed by atoms with Crippen LogP contribution in [-0.2, 0) is 11.2 Å². The predicted octanol–water partition coefficient (Wildman–Crippen LogP) is 10.0. The Balaban J connectivity index is 1.42. The number of aryl methyl sites for hydroxylation is 1. The Bertz CT molecular complexity index is 1080. The molecule has 3 aromatic rings. The Morgan fingerprint density at radius 3 is 1.97 bits per heavy atom. The van der Waals surface area contributed by atoms with Gasteiger partial charge in [0.15, 0.2) is 5.82 Å². The van der Waals surface area contributed by atoms with Gasteiger partial charge in [-0.1, -0.05) is 121 Å². The maximum Gasteiger partial charge on any atom is 0.311 e. The highest BCUT2D eigenvalue weighted by molar-refractivity contribution is 5.73. The van der Waals surface area contributed by atoms with E-state index in [-0.39, 0.29) is 5.97 Å². The standard InChI is InChI=1S/C35H48N2O2/c1-4-6-7-8-9-10-11-12-16-29-18-20-31(21-19-29)35-36-26-32(27-37-35)30-22-24-33(25-23-30)39-34(38)17-14-13-15-28(3)5-2/h18-28H,4-17H2,1-3H3. The van der Waals surface area contributed by atoms with Crippen molar-refractivity contribution < 1.29 is 9.53 Å². The van der Waals surface area contributed by atoms with E-state index in [4.69, 9.17) is 4.74 Å². The summed E-state index contributed by atoms with van der Waals surface area (Å²) in [7, 11) is 0. The lowest BCUT2D eigenvalue weighted by Gasteiger charge is -2.08. The van der Waals surface area contributed by atoms with Gasteiger partial charge < -0.3 is 4.74 Å². The van der Waals surface area contributed by atoms with E-state index in [1.807, 2.05) is 36.7 Å². The van der Waals surface area contributed by atoms with Crippen molar-refractivity contribution in [1.82, 2.24) is 9.97 Å². The monoisotopic (exact) mass is 528 g/mol. The molecule has 0 radical (unpaired) electrons. The molecule has 4 heteroatoms. The average molecular weight is 529 g/mol. The van der Waals surface area contributed by atoms with Crippen LogP contribution in [0.4, 0.5) is 0 Å². The van der Waals surface area contributed by atoms with Gasteiger partial charge in [0.2, 0.25) is 0 Å². The van der Waals surface area contributed by atoms with Crippen molar-refractivity contribution in [3.05, 3.63) is 66.5 Å². The van der Waals surface area contributed by atoms with E-state index in [1.54, 1.807) is 0 Å². The van der Waals surface area contributed by atoms with Gasteiger partial charge >= 0.3 is 5.97 Å². The van der Waals surface area contributed by atoms with E-state index in [0.717, 1.165) is 47.7 Å². The van der Waals surface area contributed by atoms with Gasteiger partial charge in [0, 0.05) is 29.9 Å². The van der Waals surface area contributed by atoms with E-state index >= 15 is 0 Å². The molecule has 1 heterocycles. The molecule has 0 fully saturated rings. The van der Waals surface area contributed by atoms with Crippen LogP contribution in [0.15, 0.2) is 60.9 Å². The molecule has 1 aromatic heterocycles. The second kappa shape index (κ2) is 17.6. The average Bonchev–Trinajstić information content (AvgIpc) is 2.97. The summed E-state index contributed by atoms with van der Waals surface area (Å²) in [6.45, 7) is 6.74. The predicted molar refractivity (Wildman–Crippen MR) is 163 cm³/mol. The van der Waals surface area contributed by atoms with Crippen LogP contribution in [0.25, 0.3) is 22.5 Å². The van der Waals surface area contributed by atoms with Crippen molar-refractivity contribution in [3.63, 3.8) is 0 Å². The zero-order chi connectivity index (χ0) is 27.7. The van der Waals surface area contributed by atoms with Gasteiger partial charge in [-0.25, -0.2) is 9.97 Å². The highest BCUT2D eigenvalue weighted by Gasteiger charge is 2.08. The van der Waals surface area contributed by atoms with Gasteiger partial charge in [0.25, 0.3) is 0 Å². The van der Waals surface area contributed by atoms with E-state index in [2.05, 4.69) is 55.0 Å². The molecule has 0 aliphatic carbocycles. The third-order valence-corrected chi connectivity index (χ3v) is 7.63. The first-order valence-corrected chi connectivity index (χ1v) is 15.3. The molecule has 2 aromatic carbocycles. The fraction of sp³-hybridized carbons (Fsp3) is 0.514. The Morgan fingerprint density at radius 2 is 1.33 bits per heavy atom. The summed E-state index contributed by atoms with van der Waals surface area (Å²) < 4.78 is 5.51. The van der Waals surface area contributed by atoms with Gasteiger partial charge in [-0.15, -0.1) is 0 Å². The fourth-order valence-electron chi connectivity index (χ4n) is 4.77. The lowest BCUT2D eigenvalue weighted by Crippen LogP contribution is -2.07. The van der Waals surface area contributed by atoms with Crippen molar-refractivity contribution in [2.24, 2.45) is 5.92 Å². The molecule has 0 N–H and O–H groups in total. The number of nitrogens with zero attached hydrogens (tertiary/aromatic N) is 2. The highest BCUT2D eigenvalue weighted by Crippen LogP contribution is 2.24. The van der Waals surface area contributed by atoms with Crippen LogP contribution in [0.2, 0.25) is 0 Å². The normalized spacial score (nSPS) is 11.9. The Kier molecular flexibility index (Phi) is 13.7. The SMILES string of the molecule is CCCCCCCCCCc1ccc(-c2ncc(-c3ccc(OC(=O)CCCCC(C)CC)cc3)cn2)cc1. The third-order valence-electron chi connectivity index (χ3n) is 7.63. The summed E-state index contributed by atoms with van der Waals surface area (Å²) >= 11 is 0. The largest absolute Gasteiger partial charge is 0.427 e. The number of carbonyl (C=O) groups is 1. The van der Waals surface area contributed by atoms with Crippen LogP contribution in [0.3, 0.4) is 0 Å². The number of esters is 1. The molecule has 0 aliphatic heterocycles. The second-order valence-electron chi connectivity index (χ2n) is 11.0. The van der Waals surface area contributed by atoms with Crippen molar-refractivity contribution in [1.29, 1.82) is 0 Å². The maximum atomic E-state index is 12.2. The van der Waals surface area contributed by atoms with Crippen molar-refractivity contribution in [2.45, 2.75) is 111 Å². The van der Waals surface area contributed by atoms with E-state index < -0.39 is 0 Å².